The zero-order chi connectivity index (χ0) is 13.8. The fraction of sp³-hybridized carbons (Fsp3) is 0.188. The third kappa shape index (κ3) is 3.13. The van der Waals surface area contributed by atoms with E-state index in [1.165, 1.54) is 5.56 Å². The van der Waals surface area contributed by atoms with Gasteiger partial charge in [0.25, 0.3) is 0 Å². The van der Waals surface area contributed by atoms with Gasteiger partial charge in [0.15, 0.2) is 0 Å². The molecule has 0 aliphatic rings. The lowest BCUT2D eigenvalue weighted by molar-refractivity contribution is 0.0698. The molecule has 0 aromatic heterocycles. The van der Waals surface area contributed by atoms with Crippen molar-refractivity contribution in [2.75, 3.05) is 5.32 Å². The Hall–Kier alpha value is -2.29. The number of aryl methyl sites for hydroxylation is 2. The Balaban J connectivity index is 2.36. The molecule has 2 aromatic rings. The van der Waals surface area contributed by atoms with Crippen molar-refractivity contribution >= 4 is 17.3 Å². The van der Waals surface area contributed by atoms with Crippen LogP contribution in [0.3, 0.4) is 0 Å². The first-order valence-electron chi connectivity index (χ1n) is 6.30. The first-order chi connectivity index (χ1) is 9.10. The predicted octanol–water partition coefficient (Wildman–Crippen LogP) is 4.00. The van der Waals surface area contributed by atoms with Crippen LogP contribution < -0.4 is 5.32 Å². The van der Waals surface area contributed by atoms with Gasteiger partial charge in [-0.1, -0.05) is 25.1 Å². The molecule has 0 spiro atoms. The van der Waals surface area contributed by atoms with Crippen molar-refractivity contribution in [2.24, 2.45) is 0 Å². The van der Waals surface area contributed by atoms with Gasteiger partial charge >= 0.3 is 5.97 Å². The Morgan fingerprint density at radius 2 is 2.00 bits per heavy atom. The molecule has 0 atom stereocenters. The lowest BCUT2D eigenvalue weighted by Gasteiger charge is -2.11. The molecule has 0 amide bonds. The highest BCUT2D eigenvalue weighted by Crippen LogP contribution is 2.23. The zero-order valence-corrected chi connectivity index (χ0v) is 11.1. The standard InChI is InChI=1S/C16H17NO2/c1-3-12-5-4-6-13(10-12)17-15-9-11(2)7-8-14(15)16(18)19/h4-10,17H,3H2,1-2H3,(H,18,19). The predicted molar refractivity (Wildman–Crippen MR) is 77.2 cm³/mol. The number of carboxylic acids is 1. The second-order valence-corrected chi connectivity index (χ2v) is 4.53. The lowest BCUT2D eigenvalue weighted by atomic mass is 10.1. The van der Waals surface area contributed by atoms with Gasteiger partial charge in [0.1, 0.15) is 0 Å². The summed E-state index contributed by atoms with van der Waals surface area (Å²) in [5.74, 6) is -0.922. The van der Waals surface area contributed by atoms with Crippen molar-refractivity contribution in [1.82, 2.24) is 0 Å². The molecule has 0 unspecified atom stereocenters. The molecule has 0 aliphatic heterocycles. The molecule has 0 aliphatic carbocycles. The number of aromatic carboxylic acids is 1. The summed E-state index contributed by atoms with van der Waals surface area (Å²) >= 11 is 0. The summed E-state index contributed by atoms with van der Waals surface area (Å²) in [6.45, 7) is 4.04. The van der Waals surface area contributed by atoms with Crippen molar-refractivity contribution < 1.29 is 9.90 Å². The minimum atomic E-state index is -0.922. The van der Waals surface area contributed by atoms with Crippen molar-refractivity contribution in [1.29, 1.82) is 0 Å². The first kappa shape index (κ1) is 13.1. The molecule has 2 aromatic carbocycles. The molecule has 3 nitrogen and oxygen atoms in total. The Kier molecular flexibility index (Phi) is 3.85. The van der Waals surface area contributed by atoms with Crippen LogP contribution in [0.4, 0.5) is 11.4 Å². The van der Waals surface area contributed by atoms with Gasteiger partial charge in [-0.2, -0.15) is 0 Å². The highest BCUT2D eigenvalue weighted by atomic mass is 16.4. The number of carboxylic acid groups (broad SMARTS) is 1. The van der Waals surface area contributed by atoms with Gasteiger partial charge in [0, 0.05) is 5.69 Å². The smallest absolute Gasteiger partial charge is 0.337 e. The van der Waals surface area contributed by atoms with E-state index >= 15 is 0 Å². The molecule has 0 heterocycles. The maximum Gasteiger partial charge on any atom is 0.337 e. The third-order valence-corrected chi connectivity index (χ3v) is 3.02. The number of nitrogens with one attached hydrogen (secondary N) is 1. The van der Waals surface area contributed by atoms with Crippen LogP contribution in [0, 0.1) is 6.92 Å². The number of hydrogen-bond donors (Lipinski definition) is 2. The van der Waals surface area contributed by atoms with Crippen molar-refractivity contribution in [3.05, 3.63) is 59.2 Å². The second-order valence-electron chi connectivity index (χ2n) is 4.53. The number of rotatable bonds is 4. The number of hydrogen-bond acceptors (Lipinski definition) is 2. The Bertz CT molecular complexity index is 605. The highest BCUT2D eigenvalue weighted by Gasteiger charge is 2.10. The lowest BCUT2D eigenvalue weighted by Crippen LogP contribution is -2.03. The first-order valence-corrected chi connectivity index (χ1v) is 6.30. The van der Waals surface area contributed by atoms with E-state index in [0.29, 0.717) is 5.69 Å². The van der Waals surface area contributed by atoms with E-state index in [-0.39, 0.29) is 5.56 Å². The van der Waals surface area contributed by atoms with E-state index in [9.17, 15) is 9.90 Å². The van der Waals surface area contributed by atoms with Crippen LogP contribution in [0.2, 0.25) is 0 Å². The summed E-state index contributed by atoms with van der Waals surface area (Å²) < 4.78 is 0. The normalized spacial score (nSPS) is 10.2. The van der Waals surface area contributed by atoms with Gasteiger partial charge < -0.3 is 10.4 Å². The van der Waals surface area contributed by atoms with E-state index in [1.54, 1.807) is 12.1 Å². The van der Waals surface area contributed by atoms with E-state index in [4.69, 9.17) is 0 Å². The average Bonchev–Trinajstić information content (AvgIpc) is 2.38. The molecule has 19 heavy (non-hydrogen) atoms. The summed E-state index contributed by atoms with van der Waals surface area (Å²) in [5, 5.41) is 12.4. The molecule has 0 radical (unpaired) electrons. The molecular formula is C16H17NO2. The fourth-order valence-electron chi connectivity index (χ4n) is 1.97. The Morgan fingerprint density at radius 3 is 2.68 bits per heavy atom. The van der Waals surface area contributed by atoms with Crippen LogP contribution in [0.25, 0.3) is 0 Å². The average molecular weight is 255 g/mol. The SMILES string of the molecule is CCc1cccc(Nc2cc(C)ccc2C(=O)O)c1. The molecule has 98 valence electrons. The minimum Gasteiger partial charge on any atom is -0.478 e. The van der Waals surface area contributed by atoms with Gasteiger partial charge in [0.05, 0.1) is 11.3 Å². The Morgan fingerprint density at radius 1 is 1.21 bits per heavy atom. The maximum absolute atomic E-state index is 11.2. The number of benzene rings is 2. The zero-order valence-electron chi connectivity index (χ0n) is 11.1. The minimum absolute atomic E-state index is 0.285. The monoisotopic (exact) mass is 255 g/mol. The molecular weight excluding hydrogens is 238 g/mol. The summed E-state index contributed by atoms with van der Waals surface area (Å²) in [7, 11) is 0. The van der Waals surface area contributed by atoms with Crippen LogP contribution in [0.1, 0.15) is 28.4 Å². The maximum atomic E-state index is 11.2. The Labute approximate surface area is 112 Å². The molecule has 2 N–H and O–H groups in total. The van der Waals surface area contributed by atoms with E-state index in [2.05, 4.69) is 18.3 Å². The molecule has 2 rings (SSSR count). The highest BCUT2D eigenvalue weighted by molar-refractivity contribution is 5.95. The number of anilines is 2. The van der Waals surface area contributed by atoms with E-state index < -0.39 is 5.97 Å². The van der Waals surface area contributed by atoms with Crippen molar-refractivity contribution in [3.8, 4) is 0 Å². The van der Waals surface area contributed by atoms with Crippen molar-refractivity contribution in [2.45, 2.75) is 20.3 Å². The van der Waals surface area contributed by atoms with Crippen molar-refractivity contribution in [3.63, 3.8) is 0 Å². The third-order valence-electron chi connectivity index (χ3n) is 3.02. The molecule has 3 heteroatoms. The number of carbonyl (C=O) groups is 1. The largest absolute Gasteiger partial charge is 0.478 e. The van der Waals surface area contributed by atoms with Crippen LogP contribution in [0.15, 0.2) is 42.5 Å². The summed E-state index contributed by atoms with van der Waals surface area (Å²) in [6.07, 6.45) is 0.953. The van der Waals surface area contributed by atoms with Gasteiger partial charge in [-0.3, -0.25) is 0 Å². The quantitative estimate of drug-likeness (QED) is 0.868. The topological polar surface area (TPSA) is 49.3 Å². The fourth-order valence-corrected chi connectivity index (χ4v) is 1.97. The van der Waals surface area contributed by atoms with Gasteiger partial charge in [-0.25, -0.2) is 4.79 Å². The summed E-state index contributed by atoms with van der Waals surface area (Å²) in [4.78, 5) is 11.2. The summed E-state index contributed by atoms with van der Waals surface area (Å²) in [5.41, 5.74) is 4.06. The van der Waals surface area contributed by atoms with E-state index in [0.717, 1.165) is 17.7 Å². The molecule has 0 fully saturated rings. The molecule has 0 saturated carbocycles. The van der Waals surface area contributed by atoms with Crippen LogP contribution in [-0.4, -0.2) is 11.1 Å². The van der Waals surface area contributed by atoms with Crippen LogP contribution >= 0.6 is 0 Å². The van der Waals surface area contributed by atoms with Crippen LogP contribution in [-0.2, 0) is 6.42 Å². The second kappa shape index (κ2) is 5.57. The molecule has 0 saturated heterocycles. The van der Waals surface area contributed by atoms with Gasteiger partial charge in [-0.15, -0.1) is 0 Å². The van der Waals surface area contributed by atoms with E-state index in [1.807, 2.05) is 31.2 Å². The molecule has 0 bridgehead atoms. The van der Waals surface area contributed by atoms with Crippen LogP contribution in [0.5, 0.6) is 0 Å². The summed E-state index contributed by atoms with van der Waals surface area (Å²) in [6, 6.07) is 13.3. The van der Waals surface area contributed by atoms with Gasteiger partial charge in [0.2, 0.25) is 0 Å². The van der Waals surface area contributed by atoms with Gasteiger partial charge in [-0.05, 0) is 48.7 Å².